The van der Waals surface area contributed by atoms with Gasteiger partial charge in [-0.2, -0.15) is 0 Å². The maximum Gasteiger partial charge on any atom is 0.149 e. The number of nitrogens with one attached hydrogen (secondary N) is 1. The Labute approximate surface area is 93.9 Å². The van der Waals surface area contributed by atoms with Crippen LogP contribution in [0.15, 0.2) is 16.6 Å². The molecule has 0 aliphatic carbocycles. The van der Waals surface area contributed by atoms with E-state index in [0.717, 1.165) is 6.07 Å². The van der Waals surface area contributed by atoms with Crippen LogP contribution in [0.1, 0.15) is 0 Å². The maximum absolute atomic E-state index is 13.1. The van der Waals surface area contributed by atoms with Crippen LogP contribution in [-0.2, 0) is 0 Å². The summed E-state index contributed by atoms with van der Waals surface area (Å²) in [5.74, 6) is -1.44. The van der Waals surface area contributed by atoms with Crippen LogP contribution < -0.4 is 5.32 Å². The first-order valence-electron chi connectivity index (χ1n) is 4.22. The molecule has 0 fully saturated rings. The second kappa shape index (κ2) is 5.39. The van der Waals surface area contributed by atoms with Gasteiger partial charge in [-0.3, -0.25) is 0 Å². The first-order valence-corrected chi connectivity index (χ1v) is 5.01. The van der Waals surface area contributed by atoms with Crippen LogP contribution in [0.5, 0.6) is 0 Å². The molecule has 84 valence electrons. The molecule has 0 amide bonds. The van der Waals surface area contributed by atoms with Crippen molar-refractivity contribution in [3.63, 3.8) is 0 Å². The van der Waals surface area contributed by atoms with E-state index in [4.69, 9.17) is 10.2 Å². The Hall–Kier alpha value is -0.720. The Morgan fingerprint density at radius 2 is 2.00 bits per heavy atom. The van der Waals surface area contributed by atoms with Gasteiger partial charge >= 0.3 is 0 Å². The zero-order valence-corrected chi connectivity index (χ0v) is 9.26. The van der Waals surface area contributed by atoms with Crippen molar-refractivity contribution in [2.75, 3.05) is 18.5 Å². The minimum absolute atomic E-state index is 0.00844. The monoisotopic (exact) mass is 281 g/mol. The fourth-order valence-corrected chi connectivity index (χ4v) is 1.29. The highest BCUT2D eigenvalue weighted by molar-refractivity contribution is 9.10. The predicted molar refractivity (Wildman–Crippen MR) is 55.6 cm³/mol. The molecule has 3 N–H and O–H groups in total. The Bertz CT molecular complexity index is 349. The van der Waals surface area contributed by atoms with E-state index in [1.54, 1.807) is 0 Å². The third-order valence-electron chi connectivity index (χ3n) is 1.75. The molecule has 3 nitrogen and oxygen atoms in total. The third-order valence-corrected chi connectivity index (χ3v) is 2.36. The lowest BCUT2D eigenvalue weighted by molar-refractivity contribution is 0.105. The van der Waals surface area contributed by atoms with Gasteiger partial charge in [0.25, 0.3) is 0 Å². The van der Waals surface area contributed by atoms with Crippen LogP contribution >= 0.6 is 15.9 Å². The molecule has 0 aliphatic heterocycles. The molecule has 1 atom stereocenters. The molecule has 1 aromatic rings. The summed E-state index contributed by atoms with van der Waals surface area (Å²) in [4.78, 5) is 0. The molecule has 0 heterocycles. The molecule has 15 heavy (non-hydrogen) atoms. The van der Waals surface area contributed by atoms with E-state index in [1.807, 2.05) is 0 Å². The van der Waals surface area contributed by atoms with Gasteiger partial charge in [0, 0.05) is 12.6 Å². The number of hydrogen-bond donors (Lipinski definition) is 3. The Balaban J connectivity index is 2.73. The van der Waals surface area contributed by atoms with E-state index in [9.17, 15) is 8.78 Å². The van der Waals surface area contributed by atoms with Crippen LogP contribution in [0.25, 0.3) is 0 Å². The van der Waals surface area contributed by atoms with Gasteiger partial charge in [0.05, 0.1) is 22.9 Å². The molecule has 6 heteroatoms. The van der Waals surface area contributed by atoms with Gasteiger partial charge in [-0.05, 0) is 22.0 Å². The maximum atomic E-state index is 13.1. The number of aliphatic hydroxyl groups is 2. The van der Waals surface area contributed by atoms with Gasteiger partial charge in [0.1, 0.15) is 11.6 Å². The molecule has 1 rings (SSSR count). The normalized spacial score (nSPS) is 12.6. The molecule has 0 spiro atoms. The van der Waals surface area contributed by atoms with E-state index in [1.165, 1.54) is 6.07 Å². The smallest absolute Gasteiger partial charge is 0.149 e. The molecule has 0 aromatic heterocycles. The van der Waals surface area contributed by atoms with Crippen molar-refractivity contribution >= 4 is 21.6 Å². The third kappa shape index (κ3) is 3.40. The van der Waals surface area contributed by atoms with Crippen LogP contribution in [0, 0.1) is 11.6 Å². The topological polar surface area (TPSA) is 52.5 Å². The second-order valence-corrected chi connectivity index (χ2v) is 3.82. The molecule has 0 bridgehead atoms. The minimum atomic E-state index is -0.978. The quantitative estimate of drug-likeness (QED) is 0.733. The predicted octanol–water partition coefficient (Wildman–Crippen LogP) is 1.49. The van der Waals surface area contributed by atoms with E-state index >= 15 is 0 Å². The Morgan fingerprint density at radius 1 is 1.33 bits per heavy atom. The van der Waals surface area contributed by atoms with E-state index in [-0.39, 0.29) is 16.7 Å². The highest BCUT2D eigenvalue weighted by atomic mass is 79.9. The molecule has 0 unspecified atom stereocenters. The summed E-state index contributed by atoms with van der Waals surface area (Å²) in [5.41, 5.74) is 0.0655. The van der Waals surface area contributed by atoms with Crippen molar-refractivity contribution in [3.8, 4) is 0 Å². The first-order chi connectivity index (χ1) is 7.04. The number of aliphatic hydroxyl groups excluding tert-OH is 2. The van der Waals surface area contributed by atoms with Gasteiger partial charge < -0.3 is 15.5 Å². The summed E-state index contributed by atoms with van der Waals surface area (Å²) in [6.45, 7) is -0.428. The SMILES string of the molecule is OC[C@@H](O)CNc1cc(Br)c(F)cc1F. The number of benzene rings is 1. The van der Waals surface area contributed by atoms with Crippen LogP contribution in [-0.4, -0.2) is 29.5 Å². The van der Waals surface area contributed by atoms with E-state index < -0.39 is 24.3 Å². The number of halogens is 3. The van der Waals surface area contributed by atoms with Gasteiger partial charge in [0.2, 0.25) is 0 Å². The van der Waals surface area contributed by atoms with E-state index in [0.29, 0.717) is 0 Å². The summed E-state index contributed by atoms with van der Waals surface area (Å²) in [6.07, 6.45) is -0.978. The van der Waals surface area contributed by atoms with Crippen LogP contribution in [0.3, 0.4) is 0 Å². The standard InChI is InChI=1S/C9H10BrF2NO2/c10-6-1-9(8(12)2-7(6)11)13-3-5(15)4-14/h1-2,5,13-15H,3-4H2/t5-/m0/s1. The van der Waals surface area contributed by atoms with Gasteiger partial charge in [0.15, 0.2) is 0 Å². The van der Waals surface area contributed by atoms with Crippen LogP contribution in [0.2, 0.25) is 0 Å². The van der Waals surface area contributed by atoms with Crippen molar-refractivity contribution in [2.45, 2.75) is 6.10 Å². The van der Waals surface area contributed by atoms with Crippen molar-refractivity contribution in [1.29, 1.82) is 0 Å². The zero-order valence-electron chi connectivity index (χ0n) is 7.67. The first kappa shape index (κ1) is 12.4. The van der Waals surface area contributed by atoms with Crippen molar-refractivity contribution < 1.29 is 19.0 Å². The number of hydrogen-bond acceptors (Lipinski definition) is 3. The second-order valence-electron chi connectivity index (χ2n) is 2.96. The fraction of sp³-hybridized carbons (Fsp3) is 0.333. The summed E-state index contributed by atoms with van der Waals surface area (Å²) in [5, 5.41) is 20.1. The Kier molecular flexibility index (Phi) is 4.44. The molecule has 1 aromatic carbocycles. The highest BCUT2D eigenvalue weighted by Crippen LogP contribution is 2.23. The lowest BCUT2D eigenvalue weighted by atomic mass is 10.3. The summed E-state index contributed by atoms with van der Waals surface area (Å²) < 4.78 is 26.1. The summed E-state index contributed by atoms with van der Waals surface area (Å²) in [7, 11) is 0. The Morgan fingerprint density at radius 3 is 2.60 bits per heavy atom. The summed E-state index contributed by atoms with van der Waals surface area (Å²) >= 11 is 2.91. The minimum Gasteiger partial charge on any atom is -0.394 e. The number of rotatable bonds is 4. The molecular weight excluding hydrogens is 272 g/mol. The molecule has 0 saturated carbocycles. The van der Waals surface area contributed by atoms with Gasteiger partial charge in [-0.25, -0.2) is 8.78 Å². The lowest BCUT2D eigenvalue weighted by Gasteiger charge is -2.11. The fourth-order valence-electron chi connectivity index (χ4n) is 0.950. The van der Waals surface area contributed by atoms with Crippen molar-refractivity contribution in [1.82, 2.24) is 0 Å². The average molecular weight is 282 g/mol. The van der Waals surface area contributed by atoms with Gasteiger partial charge in [-0.1, -0.05) is 0 Å². The van der Waals surface area contributed by atoms with E-state index in [2.05, 4.69) is 21.2 Å². The molecule has 0 saturated heterocycles. The van der Waals surface area contributed by atoms with Crippen molar-refractivity contribution in [3.05, 3.63) is 28.2 Å². The number of anilines is 1. The largest absolute Gasteiger partial charge is 0.394 e. The zero-order chi connectivity index (χ0) is 11.4. The molecular formula is C9H10BrF2NO2. The lowest BCUT2D eigenvalue weighted by Crippen LogP contribution is -2.23. The highest BCUT2D eigenvalue weighted by Gasteiger charge is 2.09. The van der Waals surface area contributed by atoms with Crippen molar-refractivity contribution in [2.24, 2.45) is 0 Å². The molecule has 0 aliphatic rings. The summed E-state index contributed by atoms with van der Waals surface area (Å²) in [6, 6.07) is 1.96. The van der Waals surface area contributed by atoms with Gasteiger partial charge in [-0.15, -0.1) is 0 Å². The molecule has 0 radical (unpaired) electrons. The average Bonchev–Trinajstić information content (AvgIpc) is 2.21. The van der Waals surface area contributed by atoms with Crippen LogP contribution in [0.4, 0.5) is 14.5 Å².